The number of unbranched alkanes of at least 4 members (excludes halogenated alkanes) is 5. The molecule has 0 aliphatic rings. The van der Waals surface area contributed by atoms with Crippen molar-refractivity contribution in [3.8, 4) is 0 Å². The number of aliphatic hydroxyl groups is 1. The first-order valence-corrected chi connectivity index (χ1v) is 8.06. The summed E-state index contributed by atoms with van der Waals surface area (Å²) in [5.74, 6) is -0.266. The molecule has 3 heteroatoms. The third kappa shape index (κ3) is 16.4. The molecule has 0 amide bonds. The number of hydrogen-bond acceptors (Lipinski definition) is 2. The Morgan fingerprint density at radius 1 is 0.905 bits per heavy atom. The quantitative estimate of drug-likeness (QED) is 0.266. The van der Waals surface area contributed by atoms with Gasteiger partial charge in [-0.25, -0.2) is 0 Å². The highest BCUT2D eigenvalue weighted by Crippen LogP contribution is 2.09. The zero-order valence-electron chi connectivity index (χ0n) is 13.3. The van der Waals surface area contributed by atoms with Gasteiger partial charge in [0.1, 0.15) is 0 Å². The Balaban J connectivity index is 3.47. The van der Waals surface area contributed by atoms with E-state index in [-0.39, 0.29) is 6.42 Å². The number of carboxylic acids is 1. The van der Waals surface area contributed by atoms with E-state index in [1.54, 1.807) is 0 Å². The highest BCUT2D eigenvalue weighted by Gasteiger charge is 1.96. The van der Waals surface area contributed by atoms with Crippen LogP contribution in [-0.4, -0.2) is 16.2 Å². The number of aliphatic carboxylic acids is 1. The van der Waals surface area contributed by atoms with E-state index in [4.69, 9.17) is 5.11 Å². The number of aliphatic hydroxyl groups excluding tert-OH is 1. The maximum absolute atomic E-state index is 10.3. The number of carbonyl (C=O) groups is 1. The van der Waals surface area contributed by atoms with Crippen molar-refractivity contribution >= 4 is 5.97 Å². The van der Waals surface area contributed by atoms with E-state index in [9.17, 15) is 9.90 Å². The van der Waals surface area contributed by atoms with E-state index in [1.807, 2.05) is 12.2 Å². The van der Waals surface area contributed by atoms with Crippen LogP contribution in [0.5, 0.6) is 0 Å². The number of rotatable bonds is 13. The maximum Gasteiger partial charge on any atom is 0.303 e. The van der Waals surface area contributed by atoms with Gasteiger partial charge in [-0.15, -0.1) is 0 Å². The Labute approximate surface area is 129 Å². The molecule has 0 bridgehead atoms. The molecule has 2 N–H and O–H groups in total. The summed E-state index contributed by atoms with van der Waals surface area (Å²) in [6.07, 6.45) is 19.0. The monoisotopic (exact) mass is 294 g/mol. The summed E-state index contributed by atoms with van der Waals surface area (Å²) < 4.78 is 0. The summed E-state index contributed by atoms with van der Waals surface area (Å²) >= 11 is 0. The highest BCUT2D eigenvalue weighted by molar-refractivity contribution is 5.66. The van der Waals surface area contributed by atoms with E-state index in [1.165, 1.54) is 0 Å². The Morgan fingerprint density at radius 2 is 1.57 bits per heavy atom. The number of hydrogen-bond donors (Lipinski definition) is 2. The molecule has 0 aromatic carbocycles. The van der Waals surface area contributed by atoms with Crippen molar-refractivity contribution < 1.29 is 15.0 Å². The Kier molecular flexibility index (Phi) is 13.8. The first kappa shape index (κ1) is 19.5. The van der Waals surface area contributed by atoms with Crippen LogP contribution in [0.25, 0.3) is 0 Å². The van der Waals surface area contributed by atoms with Gasteiger partial charge in [0.25, 0.3) is 0 Å². The molecule has 0 saturated heterocycles. The molecule has 0 spiro atoms. The second-order valence-electron chi connectivity index (χ2n) is 5.19. The lowest BCUT2D eigenvalue weighted by atomic mass is 10.1. The zero-order chi connectivity index (χ0) is 15.8. The van der Waals surface area contributed by atoms with Gasteiger partial charge < -0.3 is 10.2 Å². The normalized spacial score (nSPS) is 12.5. The lowest BCUT2D eigenvalue weighted by Gasteiger charge is -1.99. The average molecular weight is 294 g/mol. The molecule has 21 heavy (non-hydrogen) atoms. The predicted octanol–water partition coefficient (Wildman–Crippen LogP) is 5.55. The summed E-state index contributed by atoms with van der Waals surface area (Å²) in [6.45, 7) is 2.11. The van der Waals surface area contributed by atoms with Gasteiger partial charge in [0.15, 0.2) is 0 Å². The van der Waals surface area contributed by atoms with Gasteiger partial charge in [0, 0.05) is 12.8 Å². The summed E-state index contributed by atoms with van der Waals surface area (Å²) in [6, 6.07) is 0. The van der Waals surface area contributed by atoms with Gasteiger partial charge in [0.05, 0.1) is 5.76 Å². The van der Waals surface area contributed by atoms with Gasteiger partial charge in [-0.1, -0.05) is 50.5 Å². The largest absolute Gasteiger partial charge is 0.512 e. The highest BCUT2D eigenvalue weighted by atomic mass is 16.4. The molecule has 0 aliphatic carbocycles. The number of allylic oxidation sites excluding steroid dienone is 5. The topological polar surface area (TPSA) is 57.5 Å². The molecule has 3 nitrogen and oxygen atoms in total. The predicted molar refractivity (Wildman–Crippen MR) is 88.5 cm³/mol. The molecule has 0 rings (SSSR count). The third-order valence-corrected chi connectivity index (χ3v) is 3.14. The van der Waals surface area contributed by atoms with Crippen LogP contribution in [0, 0.1) is 0 Å². The van der Waals surface area contributed by atoms with Gasteiger partial charge in [-0.05, 0) is 38.2 Å². The van der Waals surface area contributed by atoms with E-state index in [0.29, 0.717) is 12.2 Å². The van der Waals surface area contributed by atoms with Crippen LogP contribution in [-0.2, 0) is 4.79 Å². The molecular weight excluding hydrogens is 264 g/mol. The van der Waals surface area contributed by atoms with Crippen LogP contribution in [0.1, 0.15) is 71.1 Å². The van der Waals surface area contributed by atoms with Crippen LogP contribution >= 0.6 is 0 Å². The van der Waals surface area contributed by atoms with Crippen LogP contribution in [0.2, 0.25) is 0 Å². The fraction of sp³-hybridized carbons (Fsp3) is 0.611. The van der Waals surface area contributed by atoms with Crippen molar-refractivity contribution in [3.63, 3.8) is 0 Å². The van der Waals surface area contributed by atoms with Crippen molar-refractivity contribution in [1.82, 2.24) is 0 Å². The van der Waals surface area contributed by atoms with Gasteiger partial charge in [-0.2, -0.15) is 0 Å². The van der Waals surface area contributed by atoms with Crippen LogP contribution in [0.15, 0.2) is 36.1 Å². The molecule has 0 heterocycles. The molecule has 0 aromatic heterocycles. The first-order chi connectivity index (χ1) is 10.2. The molecule has 0 unspecified atom stereocenters. The van der Waals surface area contributed by atoms with E-state index < -0.39 is 5.97 Å². The Hall–Kier alpha value is -1.51. The summed E-state index contributed by atoms with van der Waals surface area (Å²) in [4.78, 5) is 10.3. The first-order valence-electron chi connectivity index (χ1n) is 8.06. The second kappa shape index (κ2) is 14.9. The zero-order valence-corrected chi connectivity index (χ0v) is 13.3. The minimum atomic E-state index is -0.707. The summed E-state index contributed by atoms with van der Waals surface area (Å²) in [5.41, 5.74) is 0. The fourth-order valence-electron chi connectivity index (χ4n) is 1.94. The third-order valence-electron chi connectivity index (χ3n) is 3.14. The van der Waals surface area contributed by atoms with Crippen LogP contribution in [0.4, 0.5) is 0 Å². The standard InChI is InChI=1S/C18H30O3/c1-2-3-4-5-8-11-14-17(19)15-12-9-6-7-10-13-16-18(20)21/h3-4,8,11,15,19H,2,5-7,9-10,12-14,16H2,1H3,(H,20,21)/b4-3-,11-8-,17-15+. The Bertz CT molecular complexity index is 340. The molecule has 0 aromatic rings. The molecular formula is C18H30O3. The molecule has 0 radical (unpaired) electrons. The summed E-state index contributed by atoms with van der Waals surface area (Å²) in [7, 11) is 0. The molecule has 0 aliphatic heterocycles. The molecule has 120 valence electrons. The second-order valence-corrected chi connectivity index (χ2v) is 5.19. The minimum absolute atomic E-state index is 0.278. The van der Waals surface area contributed by atoms with E-state index in [0.717, 1.165) is 51.4 Å². The maximum atomic E-state index is 10.3. The Morgan fingerprint density at radius 3 is 2.29 bits per heavy atom. The van der Waals surface area contributed by atoms with Gasteiger partial charge in [-0.3, -0.25) is 4.79 Å². The summed E-state index contributed by atoms with van der Waals surface area (Å²) in [5, 5.41) is 18.2. The average Bonchev–Trinajstić information content (AvgIpc) is 2.45. The SMILES string of the molecule is CC/C=C\C/C=C\C/C(O)=C\CCCCCCCC(=O)O. The van der Waals surface area contributed by atoms with Crippen molar-refractivity contribution in [3.05, 3.63) is 36.1 Å². The van der Waals surface area contributed by atoms with Crippen molar-refractivity contribution in [2.45, 2.75) is 71.1 Å². The fourth-order valence-corrected chi connectivity index (χ4v) is 1.94. The molecule has 0 fully saturated rings. The van der Waals surface area contributed by atoms with Gasteiger partial charge in [0.2, 0.25) is 0 Å². The smallest absolute Gasteiger partial charge is 0.303 e. The van der Waals surface area contributed by atoms with E-state index in [2.05, 4.69) is 25.2 Å². The van der Waals surface area contributed by atoms with Crippen molar-refractivity contribution in [2.75, 3.05) is 0 Å². The minimum Gasteiger partial charge on any atom is -0.512 e. The lowest BCUT2D eigenvalue weighted by molar-refractivity contribution is -0.137. The molecule has 0 atom stereocenters. The van der Waals surface area contributed by atoms with Crippen molar-refractivity contribution in [1.29, 1.82) is 0 Å². The van der Waals surface area contributed by atoms with E-state index >= 15 is 0 Å². The van der Waals surface area contributed by atoms with Gasteiger partial charge >= 0.3 is 5.97 Å². The van der Waals surface area contributed by atoms with Crippen LogP contribution in [0.3, 0.4) is 0 Å². The van der Waals surface area contributed by atoms with Crippen LogP contribution < -0.4 is 0 Å². The molecule has 0 saturated carbocycles. The number of carboxylic acid groups (broad SMARTS) is 1. The van der Waals surface area contributed by atoms with Crippen molar-refractivity contribution in [2.24, 2.45) is 0 Å². The lowest BCUT2D eigenvalue weighted by Crippen LogP contribution is -1.93.